The third kappa shape index (κ3) is 47.1. The van der Waals surface area contributed by atoms with E-state index in [0.717, 1.165) is 64.2 Å². The van der Waals surface area contributed by atoms with Crippen LogP contribution in [0.4, 0.5) is 0 Å². The van der Waals surface area contributed by atoms with E-state index in [1.54, 1.807) is 0 Å². The molecule has 0 heterocycles. The van der Waals surface area contributed by atoms with Crippen LogP contribution in [0.2, 0.25) is 0 Å². The first-order chi connectivity index (χ1) is 34.7. The van der Waals surface area contributed by atoms with Crippen LogP contribution in [0.5, 0.6) is 0 Å². The second-order valence-corrected chi connectivity index (χ2v) is 21.4. The van der Waals surface area contributed by atoms with Crippen LogP contribution in [-0.2, 0) is 42.5 Å². The number of aliphatic hydroxyl groups excluding tert-OH is 2. The Balaban J connectivity index is 5.55. The average Bonchev–Trinajstić information content (AvgIpc) is 3.33. The number of aliphatic hydroxyl groups is 2. The molecule has 0 aliphatic carbocycles. The van der Waals surface area contributed by atoms with E-state index in [-0.39, 0.29) is 63.7 Å². The van der Waals surface area contributed by atoms with Crippen LogP contribution in [0.1, 0.15) is 271 Å². The number of nitrogens with one attached hydrogen (secondary N) is 3. The van der Waals surface area contributed by atoms with E-state index < -0.39 is 56.5 Å². The standard InChI is InChI=1S/C55H106N3O13P/c1-4-7-10-13-16-19-22-25-29-36-48(60)44-51(61)57-47(46-69-53(63)38-32-28-33-42-59)35-34-41-56-55(65)50(40-43-70-72(66,67)68)58-52(62)45-49(37-30-26-23-20-17-14-11-8-5-2)71-54(64)39-31-27-24-21-18-15-12-9-6-3/h47-50,59-60H,4-46H2,1-3H3,(H,56,65)(H,57,61)(H,58,62)(H2,66,67,68)/t47-,48-,49-,50-/m1/s1. The minimum absolute atomic E-state index is 0.0372. The fourth-order valence-electron chi connectivity index (χ4n) is 8.73. The molecule has 7 N–H and O–H groups in total. The molecule has 0 aromatic carbocycles. The fourth-order valence-corrected chi connectivity index (χ4v) is 9.07. The number of carbonyl (C=O) groups excluding carboxylic acids is 5. The number of phosphoric ester groups is 1. The molecule has 16 nitrogen and oxygen atoms in total. The Hall–Kier alpha value is -2.62. The van der Waals surface area contributed by atoms with E-state index in [2.05, 4.69) is 41.2 Å². The van der Waals surface area contributed by atoms with Crippen LogP contribution in [0.3, 0.4) is 0 Å². The van der Waals surface area contributed by atoms with Crippen LogP contribution < -0.4 is 16.0 Å². The summed E-state index contributed by atoms with van der Waals surface area (Å²) >= 11 is 0. The Morgan fingerprint density at radius 2 is 0.972 bits per heavy atom. The van der Waals surface area contributed by atoms with E-state index in [0.29, 0.717) is 51.4 Å². The van der Waals surface area contributed by atoms with Gasteiger partial charge in [-0.1, -0.05) is 188 Å². The number of amides is 3. The topological polar surface area (TPSA) is 247 Å². The predicted octanol–water partition coefficient (Wildman–Crippen LogP) is 11.3. The minimum atomic E-state index is -4.87. The first-order valence-corrected chi connectivity index (χ1v) is 30.5. The molecule has 17 heteroatoms. The molecular weight excluding hydrogens is 942 g/mol. The number of esters is 2. The van der Waals surface area contributed by atoms with Crippen LogP contribution in [-0.4, -0.2) is 100 Å². The van der Waals surface area contributed by atoms with Crippen molar-refractivity contribution < 1.29 is 62.5 Å². The highest BCUT2D eigenvalue weighted by atomic mass is 31.2. The van der Waals surface area contributed by atoms with Gasteiger partial charge >= 0.3 is 19.8 Å². The number of rotatable bonds is 53. The molecule has 0 saturated heterocycles. The zero-order chi connectivity index (χ0) is 53.3. The Kier molecular flexibility index (Phi) is 47.5. The van der Waals surface area contributed by atoms with E-state index in [1.165, 1.54) is 103 Å². The summed E-state index contributed by atoms with van der Waals surface area (Å²) in [5.74, 6) is -2.35. The van der Waals surface area contributed by atoms with Gasteiger partial charge in [-0.2, -0.15) is 0 Å². The molecule has 3 amide bonds. The normalized spacial score (nSPS) is 13.3. The molecule has 0 aromatic rings. The first-order valence-electron chi connectivity index (χ1n) is 28.9. The molecule has 0 rings (SSSR count). The number of hydrogen-bond donors (Lipinski definition) is 7. The van der Waals surface area contributed by atoms with Crippen molar-refractivity contribution in [3.8, 4) is 0 Å². The van der Waals surface area contributed by atoms with Gasteiger partial charge in [0.25, 0.3) is 0 Å². The van der Waals surface area contributed by atoms with Crippen molar-refractivity contribution in [3.05, 3.63) is 0 Å². The molecule has 0 aromatic heterocycles. The lowest BCUT2D eigenvalue weighted by Crippen LogP contribution is -2.48. The summed E-state index contributed by atoms with van der Waals surface area (Å²) in [6.45, 7) is 6.08. The van der Waals surface area contributed by atoms with Crippen molar-refractivity contribution >= 4 is 37.5 Å². The smallest absolute Gasteiger partial charge is 0.463 e. The number of ether oxygens (including phenoxy) is 2. The van der Waals surface area contributed by atoms with Crippen molar-refractivity contribution in [2.24, 2.45) is 0 Å². The molecule has 0 aliphatic heterocycles. The predicted molar refractivity (Wildman–Crippen MR) is 286 cm³/mol. The van der Waals surface area contributed by atoms with Crippen molar-refractivity contribution in [2.45, 2.75) is 295 Å². The highest BCUT2D eigenvalue weighted by molar-refractivity contribution is 7.46. The second kappa shape index (κ2) is 49.3. The fraction of sp³-hybridized carbons (Fsp3) is 0.909. The monoisotopic (exact) mass is 1050 g/mol. The summed E-state index contributed by atoms with van der Waals surface area (Å²) < 4.78 is 27.5. The lowest BCUT2D eigenvalue weighted by atomic mass is 10.0. The lowest BCUT2D eigenvalue weighted by Gasteiger charge is -2.22. The molecule has 424 valence electrons. The Morgan fingerprint density at radius 3 is 1.49 bits per heavy atom. The first kappa shape index (κ1) is 69.4. The van der Waals surface area contributed by atoms with Crippen molar-refractivity contribution in [2.75, 3.05) is 26.4 Å². The number of unbranched alkanes of at least 4 members (excludes halogenated alkanes) is 26. The van der Waals surface area contributed by atoms with Gasteiger partial charge in [0.1, 0.15) is 18.8 Å². The minimum Gasteiger partial charge on any atom is -0.463 e. The van der Waals surface area contributed by atoms with Gasteiger partial charge in [0.2, 0.25) is 17.7 Å². The molecule has 0 unspecified atom stereocenters. The van der Waals surface area contributed by atoms with Gasteiger partial charge in [0.15, 0.2) is 0 Å². The lowest BCUT2D eigenvalue weighted by molar-refractivity contribution is -0.151. The van der Waals surface area contributed by atoms with Gasteiger partial charge in [0.05, 0.1) is 31.6 Å². The molecule has 0 bridgehead atoms. The molecule has 0 radical (unpaired) electrons. The van der Waals surface area contributed by atoms with Gasteiger partial charge in [-0.25, -0.2) is 4.57 Å². The molecule has 0 aliphatic rings. The Morgan fingerprint density at radius 1 is 0.514 bits per heavy atom. The van der Waals surface area contributed by atoms with E-state index in [9.17, 15) is 43.4 Å². The average molecular weight is 1050 g/mol. The highest BCUT2D eigenvalue weighted by Crippen LogP contribution is 2.35. The summed E-state index contributed by atoms with van der Waals surface area (Å²) in [6.07, 6.45) is 32.0. The third-order valence-electron chi connectivity index (χ3n) is 13.1. The van der Waals surface area contributed by atoms with E-state index in [4.69, 9.17) is 14.6 Å². The third-order valence-corrected chi connectivity index (χ3v) is 13.6. The van der Waals surface area contributed by atoms with Crippen molar-refractivity contribution in [1.29, 1.82) is 0 Å². The maximum absolute atomic E-state index is 13.6. The van der Waals surface area contributed by atoms with E-state index >= 15 is 0 Å². The SMILES string of the molecule is CCCCCCCCCCCC(=O)O[C@H](CCCCCCCCCCC)CC(=O)N[C@H](CCOP(=O)(O)O)C(=O)NCCC[C@H](COC(=O)CCCCCO)NC(=O)C[C@H](O)CCCCCCCCCCC. The second-order valence-electron chi connectivity index (χ2n) is 20.1. The number of hydrogen-bond acceptors (Lipinski definition) is 11. The van der Waals surface area contributed by atoms with Crippen molar-refractivity contribution in [3.63, 3.8) is 0 Å². The summed E-state index contributed by atoms with van der Waals surface area (Å²) in [6, 6.07) is -1.85. The molecule has 72 heavy (non-hydrogen) atoms. The summed E-state index contributed by atoms with van der Waals surface area (Å²) in [7, 11) is -4.87. The summed E-state index contributed by atoms with van der Waals surface area (Å²) in [5.41, 5.74) is 0. The zero-order valence-electron chi connectivity index (χ0n) is 45.6. The van der Waals surface area contributed by atoms with Crippen LogP contribution >= 0.6 is 7.82 Å². The van der Waals surface area contributed by atoms with Crippen LogP contribution in [0.15, 0.2) is 0 Å². The number of phosphoric acid groups is 1. The maximum atomic E-state index is 13.6. The molecular formula is C55H106N3O13P. The van der Waals surface area contributed by atoms with Gasteiger partial charge in [0, 0.05) is 32.4 Å². The molecule has 0 saturated carbocycles. The van der Waals surface area contributed by atoms with Crippen LogP contribution in [0.25, 0.3) is 0 Å². The molecule has 0 spiro atoms. The molecule has 4 atom stereocenters. The van der Waals surface area contributed by atoms with Gasteiger partial charge in [-0.3, -0.25) is 28.5 Å². The quantitative estimate of drug-likeness (QED) is 0.0170. The van der Waals surface area contributed by atoms with Gasteiger partial charge < -0.3 is 45.4 Å². The van der Waals surface area contributed by atoms with Gasteiger partial charge in [-0.05, 0) is 51.4 Å². The van der Waals surface area contributed by atoms with Crippen molar-refractivity contribution in [1.82, 2.24) is 16.0 Å². The Labute approximate surface area is 436 Å². The largest absolute Gasteiger partial charge is 0.469 e. The summed E-state index contributed by atoms with van der Waals surface area (Å²) in [5, 5.41) is 28.0. The zero-order valence-corrected chi connectivity index (χ0v) is 46.5. The van der Waals surface area contributed by atoms with Crippen LogP contribution in [0, 0.1) is 0 Å². The summed E-state index contributed by atoms with van der Waals surface area (Å²) in [4.78, 5) is 84.4. The maximum Gasteiger partial charge on any atom is 0.469 e. The highest BCUT2D eigenvalue weighted by Gasteiger charge is 2.26. The van der Waals surface area contributed by atoms with Gasteiger partial charge in [-0.15, -0.1) is 0 Å². The van der Waals surface area contributed by atoms with E-state index in [1.807, 2.05) is 0 Å². The Bertz CT molecular complexity index is 1390. The number of carbonyl (C=O) groups is 5. The molecule has 0 fully saturated rings.